The fourth-order valence-corrected chi connectivity index (χ4v) is 3.69. The zero-order valence-corrected chi connectivity index (χ0v) is 18.5. The number of amides is 2. The summed E-state index contributed by atoms with van der Waals surface area (Å²) in [7, 11) is 0. The SMILES string of the molecule is O=C(NCC1CCCO1)c1cccc(NC(=O)c2ccc(OCCc3ccccc3)cc2)c1. The minimum atomic E-state index is -0.247. The zero-order valence-electron chi connectivity index (χ0n) is 18.5. The Hall–Kier alpha value is -3.64. The van der Waals surface area contributed by atoms with Crippen molar-refractivity contribution in [3.63, 3.8) is 0 Å². The van der Waals surface area contributed by atoms with E-state index >= 15 is 0 Å². The van der Waals surface area contributed by atoms with Crippen LogP contribution in [-0.2, 0) is 11.2 Å². The van der Waals surface area contributed by atoms with Crippen molar-refractivity contribution in [3.05, 3.63) is 95.6 Å². The van der Waals surface area contributed by atoms with Crippen LogP contribution < -0.4 is 15.4 Å². The minimum Gasteiger partial charge on any atom is -0.493 e. The molecule has 4 rings (SSSR count). The fourth-order valence-electron chi connectivity index (χ4n) is 3.69. The third-order valence-corrected chi connectivity index (χ3v) is 5.52. The Balaban J connectivity index is 1.27. The van der Waals surface area contributed by atoms with Gasteiger partial charge in [-0.05, 0) is 60.9 Å². The molecule has 0 aliphatic carbocycles. The number of carbonyl (C=O) groups is 2. The van der Waals surface area contributed by atoms with Crippen molar-refractivity contribution in [1.82, 2.24) is 5.32 Å². The summed E-state index contributed by atoms with van der Waals surface area (Å²) in [4.78, 5) is 25.1. The molecule has 33 heavy (non-hydrogen) atoms. The Labute approximate surface area is 193 Å². The quantitative estimate of drug-likeness (QED) is 0.511. The zero-order chi connectivity index (χ0) is 22.9. The number of rotatable bonds is 9. The highest BCUT2D eigenvalue weighted by molar-refractivity contribution is 6.05. The molecule has 6 nitrogen and oxygen atoms in total. The third-order valence-electron chi connectivity index (χ3n) is 5.52. The van der Waals surface area contributed by atoms with E-state index in [9.17, 15) is 9.59 Å². The highest BCUT2D eigenvalue weighted by Crippen LogP contribution is 2.16. The van der Waals surface area contributed by atoms with Crippen molar-refractivity contribution in [2.45, 2.75) is 25.4 Å². The predicted molar refractivity (Wildman–Crippen MR) is 128 cm³/mol. The molecule has 1 fully saturated rings. The summed E-state index contributed by atoms with van der Waals surface area (Å²) in [6.07, 6.45) is 2.90. The molecule has 1 saturated heterocycles. The van der Waals surface area contributed by atoms with Crippen molar-refractivity contribution in [3.8, 4) is 5.75 Å². The summed E-state index contributed by atoms with van der Waals surface area (Å²) in [5, 5.41) is 5.75. The Morgan fingerprint density at radius 3 is 2.48 bits per heavy atom. The van der Waals surface area contributed by atoms with Crippen molar-refractivity contribution in [2.75, 3.05) is 25.1 Å². The number of carbonyl (C=O) groups excluding carboxylic acids is 2. The van der Waals surface area contributed by atoms with E-state index in [1.54, 1.807) is 48.5 Å². The maximum absolute atomic E-state index is 12.6. The van der Waals surface area contributed by atoms with Crippen molar-refractivity contribution < 1.29 is 19.1 Å². The van der Waals surface area contributed by atoms with Gasteiger partial charge in [-0.3, -0.25) is 9.59 Å². The van der Waals surface area contributed by atoms with Crippen LogP contribution >= 0.6 is 0 Å². The van der Waals surface area contributed by atoms with Gasteiger partial charge in [0.2, 0.25) is 0 Å². The van der Waals surface area contributed by atoms with Crippen molar-refractivity contribution >= 4 is 17.5 Å². The summed E-state index contributed by atoms with van der Waals surface area (Å²) in [5.41, 5.74) is 2.79. The molecule has 170 valence electrons. The first-order valence-electron chi connectivity index (χ1n) is 11.3. The second-order valence-electron chi connectivity index (χ2n) is 7.99. The fraction of sp³-hybridized carbons (Fsp3) is 0.259. The van der Waals surface area contributed by atoms with Crippen LogP contribution in [0.4, 0.5) is 5.69 Å². The summed E-state index contributed by atoms with van der Waals surface area (Å²) >= 11 is 0. The monoisotopic (exact) mass is 444 g/mol. The Bertz CT molecular complexity index is 1060. The molecule has 0 spiro atoms. The molecule has 3 aromatic carbocycles. The van der Waals surface area contributed by atoms with E-state index < -0.39 is 0 Å². The molecule has 1 aliphatic rings. The predicted octanol–water partition coefficient (Wildman–Crippen LogP) is 4.47. The van der Waals surface area contributed by atoms with Crippen LogP contribution in [0.25, 0.3) is 0 Å². The van der Waals surface area contributed by atoms with E-state index in [-0.39, 0.29) is 17.9 Å². The summed E-state index contributed by atoms with van der Waals surface area (Å²) in [5.74, 6) is 0.286. The second kappa shape index (κ2) is 11.3. The molecule has 1 aliphatic heterocycles. The Kier molecular flexibility index (Phi) is 7.72. The smallest absolute Gasteiger partial charge is 0.255 e. The highest BCUT2D eigenvalue weighted by Gasteiger charge is 2.17. The average Bonchev–Trinajstić information content (AvgIpc) is 3.37. The maximum atomic E-state index is 12.6. The molecule has 0 bridgehead atoms. The number of hydrogen-bond acceptors (Lipinski definition) is 4. The molecule has 0 radical (unpaired) electrons. The molecular formula is C27H28N2O4. The number of anilines is 1. The Morgan fingerprint density at radius 2 is 1.73 bits per heavy atom. The van der Waals surface area contributed by atoms with E-state index in [1.807, 2.05) is 18.2 Å². The molecule has 0 saturated carbocycles. The van der Waals surface area contributed by atoms with Gasteiger partial charge >= 0.3 is 0 Å². The second-order valence-corrected chi connectivity index (χ2v) is 7.99. The molecule has 2 N–H and O–H groups in total. The first-order valence-corrected chi connectivity index (χ1v) is 11.3. The average molecular weight is 445 g/mol. The van der Waals surface area contributed by atoms with Gasteiger partial charge in [0.1, 0.15) is 5.75 Å². The van der Waals surface area contributed by atoms with E-state index in [0.717, 1.165) is 25.9 Å². The first kappa shape index (κ1) is 22.6. The molecule has 1 heterocycles. The number of nitrogens with one attached hydrogen (secondary N) is 2. The van der Waals surface area contributed by atoms with Crippen LogP contribution in [-0.4, -0.2) is 37.7 Å². The van der Waals surface area contributed by atoms with Crippen LogP contribution in [0, 0.1) is 0 Å². The molecule has 1 atom stereocenters. The lowest BCUT2D eigenvalue weighted by molar-refractivity contribution is 0.0857. The van der Waals surface area contributed by atoms with Gasteiger partial charge in [-0.15, -0.1) is 0 Å². The van der Waals surface area contributed by atoms with E-state index in [2.05, 4.69) is 22.8 Å². The van der Waals surface area contributed by atoms with Crippen molar-refractivity contribution in [1.29, 1.82) is 0 Å². The molecule has 1 unspecified atom stereocenters. The van der Waals surface area contributed by atoms with Gasteiger partial charge < -0.3 is 20.1 Å². The highest BCUT2D eigenvalue weighted by atomic mass is 16.5. The topological polar surface area (TPSA) is 76.7 Å². The summed E-state index contributed by atoms with van der Waals surface area (Å²) in [6.45, 7) is 1.81. The van der Waals surface area contributed by atoms with Crippen LogP contribution in [0.15, 0.2) is 78.9 Å². The first-order chi connectivity index (χ1) is 16.2. The van der Waals surface area contributed by atoms with Gasteiger partial charge in [0, 0.05) is 36.4 Å². The van der Waals surface area contributed by atoms with Crippen LogP contribution in [0.3, 0.4) is 0 Å². The summed E-state index contributed by atoms with van der Waals surface area (Å²) in [6, 6.07) is 24.1. The third kappa shape index (κ3) is 6.67. The van der Waals surface area contributed by atoms with Gasteiger partial charge in [-0.25, -0.2) is 0 Å². The van der Waals surface area contributed by atoms with Gasteiger partial charge in [0.25, 0.3) is 11.8 Å². The largest absolute Gasteiger partial charge is 0.493 e. The van der Waals surface area contributed by atoms with Crippen LogP contribution in [0.1, 0.15) is 39.1 Å². The van der Waals surface area contributed by atoms with Gasteiger partial charge in [-0.1, -0.05) is 36.4 Å². The molecule has 0 aromatic heterocycles. The number of benzene rings is 3. The lowest BCUT2D eigenvalue weighted by atomic mass is 10.1. The van der Waals surface area contributed by atoms with Crippen LogP contribution in [0.5, 0.6) is 5.75 Å². The van der Waals surface area contributed by atoms with E-state index in [1.165, 1.54) is 5.56 Å². The molecule has 6 heteroatoms. The molecule has 2 amide bonds. The van der Waals surface area contributed by atoms with Gasteiger partial charge in [0.05, 0.1) is 12.7 Å². The number of hydrogen-bond donors (Lipinski definition) is 2. The van der Waals surface area contributed by atoms with Gasteiger partial charge in [-0.2, -0.15) is 0 Å². The Morgan fingerprint density at radius 1 is 0.909 bits per heavy atom. The maximum Gasteiger partial charge on any atom is 0.255 e. The minimum absolute atomic E-state index is 0.0853. The molecule has 3 aromatic rings. The normalized spacial score (nSPS) is 15.1. The number of ether oxygens (including phenoxy) is 2. The lowest BCUT2D eigenvalue weighted by Gasteiger charge is -2.12. The van der Waals surface area contributed by atoms with Crippen LogP contribution in [0.2, 0.25) is 0 Å². The van der Waals surface area contributed by atoms with Gasteiger partial charge in [0.15, 0.2) is 0 Å². The van der Waals surface area contributed by atoms with E-state index in [4.69, 9.17) is 9.47 Å². The van der Waals surface area contributed by atoms with Crippen molar-refractivity contribution in [2.24, 2.45) is 0 Å². The van der Waals surface area contributed by atoms with E-state index in [0.29, 0.717) is 35.7 Å². The lowest BCUT2D eigenvalue weighted by Crippen LogP contribution is -2.31. The standard InChI is InChI=1S/C27H28N2O4/c30-26(28-19-25-10-5-16-32-25)22-8-4-9-23(18-22)29-27(31)21-11-13-24(14-12-21)33-17-15-20-6-2-1-3-7-20/h1-4,6-9,11-14,18,25H,5,10,15-17,19H2,(H,28,30)(H,29,31). The molecular weight excluding hydrogens is 416 g/mol. The summed E-state index contributed by atoms with van der Waals surface area (Å²) < 4.78 is 11.3.